The van der Waals surface area contributed by atoms with Crippen molar-refractivity contribution in [2.45, 2.75) is 26.7 Å². The van der Waals surface area contributed by atoms with E-state index in [0.717, 1.165) is 22.6 Å². The zero-order valence-corrected chi connectivity index (χ0v) is 15.8. The highest BCUT2D eigenvalue weighted by atomic mass is 35.5. The van der Waals surface area contributed by atoms with Crippen LogP contribution in [0.25, 0.3) is 0 Å². The first-order valence-electron chi connectivity index (χ1n) is 8.01. The topological polar surface area (TPSA) is 50.4 Å². The second-order valence-corrected chi connectivity index (χ2v) is 6.52. The highest BCUT2D eigenvalue weighted by Gasteiger charge is 2.08. The molecule has 0 spiro atoms. The number of thiocarbonyl (C=S) groups is 1. The summed E-state index contributed by atoms with van der Waals surface area (Å²) in [5.41, 5.74) is 3.08. The van der Waals surface area contributed by atoms with Crippen molar-refractivity contribution in [1.82, 2.24) is 5.32 Å². The van der Waals surface area contributed by atoms with E-state index in [1.54, 1.807) is 24.3 Å². The highest BCUT2D eigenvalue weighted by molar-refractivity contribution is 7.80. The van der Waals surface area contributed by atoms with Gasteiger partial charge in [0.05, 0.1) is 6.61 Å². The molecule has 0 aliphatic carbocycles. The minimum absolute atomic E-state index is 0.136. The van der Waals surface area contributed by atoms with Crippen LogP contribution in [-0.4, -0.2) is 17.6 Å². The number of amides is 1. The van der Waals surface area contributed by atoms with Crippen molar-refractivity contribution >= 4 is 40.5 Å². The van der Waals surface area contributed by atoms with Crippen LogP contribution in [0.15, 0.2) is 42.5 Å². The van der Waals surface area contributed by atoms with Crippen LogP contribution in [-0.2, 0) is 4.79 Å². The molecule has 0 aliphatic rings. The number of ether oxygens (including phenoxy) is 1. The first kappa shape index (κ1) is 19.2. The average molecular weight is 377 g/mol. The van der Waals surface area contributed by atoms with Crippen molar-refractivity contribution in [2.24, 2.45) is 0 Å². The Morgan fingerprint density at radius 2 is 1.76 bits per heavy atom. The second-order valence-electron chi connectivity index (χ2n) is 5.68. The monoisotopic (exact) mass is 376 g/mol. The first-order valence-corrected chi connectivity index (χ1v) is 8.80. The third-order valence-corrected chi connectivity index (χ3v) is 4.06. The quantitative estimate of drug-likeness (QED) is 0.570. The van der Waals surface area contributed by atoms with Crippen molar-refractivity contribution in [3.8, 4) is 5.75 Å². The van der Waals surface area contributed by atoms with E-state index < -0.39 is 0 Å². The molecule has 0 aromatic heterocycles. The molecule has 25 heavy (non-hydrogen) atoms. The Morgan fingerprint density at radius 1 is 1.12 bits per heavy atom. The van der Waals surface area contributed by atoms with E-state index in [0.29, 0.717) is 29.6 Å². The molecule has 0 heterocycles. The zero-order valence-electron chi connectivity index (χ0n) is 14.3. The van der Waals surface area contributed by atoms with E-state index in [2.05, 4.69) is 10.6 Å². The third kappa shape index (κ3) is 6.36. The number of carbonyl (C=O) groups excluding carboxylic acids is 1. The Hall–Kier alpha value is -2.11. The van der Waals surface area contributed by atoms with Gasteiger partial charge in [-0.15, -0.1) is 0 Å². The van der Waals surface area contributed by atoms with Crippen LogP contribution < -0.4 is 15.4 Å². The molecule has 0 atom stereocenters. The fourth-order valence-corrected chi connectivity index (χ4v) is 2.64. The maximum atomic E-state index is 12.0. The Kier molecular flexibility index (Phi) is 7.22. The molecule has 0 saturated heterocycles. The summed E-state index contributed by atoms with van der Waals surface area (Å²) in [6, 6.07) is 13.1. The number of anilines is 1. The van der Waals surface area contributed by atoms with Gasteiger partial charge in [0.25, 0.3) is 0 Å². The van der Waals surface area contributed by atoms with Crippen molar-refractivity contribution < 1.29 is 9.53 Å². The summed E-state index contributed by atoms with van der Waals surface area (Å²) >= 11 is 11.0. The van der Waals surface area contributed by atoms with E-state index in [1.165, 1.54) is 0 Å². The maximum absolute atomic E-state index is 12.0. The van der Waals surface area contributed by atoms with Crippen molar-refractivity contribution in [3.05, 3.63) is 58.6 Å². The van der Waals surface area contributed by atoms with Gasteiger partial charge in [0.15, 0.2) is 5.11 Å². The number of rotatable bonds is 6. The van der Waals surface area contributed by atoms with Gasteiger partial charge in [-0.05, 0) is 67.9 Å². The van der Waals surface area contributed by atoms with Crippen LogP contribution in [0.4, 0.5) is 5.69 Å². The van der Waals surface area contributed by atoms with Gasteiger partial charge in [-0.25, -0.2) is 0 Å². The molecule has 0 bridgehead atoms. The van der Waals surface area contributed by atoms with Gasteiger partial charge < -0.3 is 15.4 Å². The number of hydrogen-bond acceptors (Lipinski definition) is 3. The summed E-state index contributed by atoms with van der Waals surface area (Å²) in [6.07, 6.45) is 0.933. The van der Waals surface area contributed by atoms with Gasteiger partial charge >= 0.3 is 0 Å². The van der Waals surface area contributed by atoms with Gasteiger partial charge in [-0.1, -0.05) is 29.8 Å². The van der Waals surface area contributed by atoms with Crippen molar-refractivity contribution in [1.29, 1.82) is 0 Å². The lowest BCUT2D eigenvalue weighted by molar-refractivity contribution is -0.119. The van der Waals surface area contributed by atoms with Crippen molar-refractivity contribution in [2.75, 3.05) is 11.9 Å². The Morgan fingerprint density at radius 3 is 2.40 bits per heavy atom. The number of nitrogens with one attached hydrogen (secondary N) is 2. The second kappa shape index (κ2) is 9.39. The number of aryl methyl sites for hydroxylation is 2. The Balaban J connectivity index is 1.71. The van der Waals surface area contributed by atoms with Gasteiger partial charge in [-0.2, -0.15) is 0 Å². The number of para-hydroxylation sites is 1. The summed E-state index contributed by atoms with van der Waals surface area (Å²) in [5, 5.41) is 6.75. The van der Waals surface area contributed by atoms with Gasteiger partial charge in [0, 0.05) is 17.1 Å². The van der Waals surface area contributed by atoms with Crippen LogP contribution in [0.5, 0.6) is 5.75 Å². The van der Waals surface area contributed by atoms with Crippen LogP contribution in [0.3, 0.4) is 0 Å². The number of benzene rings is 2. The van der Waals surface area contributed by atoms with Gasteiger partial charge in [-0.3, -0.25) is 4.79 Å². The number of hydrogen-bond donors (Lipinski definition) is 2. The molecule has 6 heteroatoms. The normalized spacial score (nSPS) is 10.2. The minimum atomic E-state index is -0.136. The molecular formula is C19H21ClN2O2S. The largest absolute Gasteiger partial charge is 0.494 e. The van der Waals surface area contributed by atoms with Crippen LogP contribution in [0.2, 0.25) is 5.02 Å². The van der Waals surface area contributed by atoms with Crippen LogP contribution in [0, 0.1) is 13.8 Å². The van der Waals surface area contributed by atoms with E-state index in [9.17, 15) is 4.79 Å². The predicted molar refractivity (Wildman–Crippen MR) is 106 cm³/mol. The molecule has 0 aliphatic heterocycles. The fraction of sp³-hybridized carbons (Fsp3) is 0.263. The fourth-order valence-electron chi connectivity index (χ4n) is 2.30. The van der Waals surface area contributed by atoms with Crippen LogP contribution >= 0.6 is 23.8 Å². The van der Waals surface area contributed by atoms with E-state index in [-0.39, 0.29) is 5.91 Å². The lowest BCUT2D eigenvalue weighted by Crippen LogP contribution is -2.34. The zero-order chi connectivity index (χ0) is 18.2. The Bertz CT molecular complexity index is 727. The smallest absolute Gasteiger partial charge is 0.226 e. The first-order chi connectivity index (χ1) is 12.0. The molecule has 0 unspecified atom stereocenters. The van der Waals surface area contributed by atoms with E-state index in [4.69, 9.17) is 28.6 Å². The van der Waals surface area contributed by atoms with E-state index in [1.807, 2.05) is 32.0 Å². The number of halogens is 1. The summed E-state index contributed by atoms with van der Waals surface area (Å²) in [5.74, 6) is 0.598. The van der Waals surface area contributed by atoms with Gasteiger partial charge in [0.1, 0.15) is 5.75 Å². The molecule has 2 N–H and O–H groups in total. The molecule has 0 fully saturated rings. The summed E-state index contributed by atoms with van der Waals surface area (Å²) < 4.78 is 5.56. The minimum Gasteiger partial charge on any atom is -0.494 e. The SMILES string of the molecule is Cc1cccc(C)c1NC(=S)NC(=O)CCCOc1ccc(Cl)cc1. The molecule has 2 aromatic carbocycles. The maximum Gasteiger partial charge on any atom is 0.226 e. The number of carbonyl (C=O) groups is 1. The molecule has 132 valence electrons. The average Bonchev–Trinajstić information content (AvgIpc) is 2.57. The summed E-state index contributed by atoms with van der Waals surface area (Å²) in [4.78, 5) is 12.0. The molecule has 2 aromatic rings. The standard InChI is InChI=1S/C19H21ClN2O2S/c1-13-5-3-6-14(2)18(13)22-19(25)21-17(23)7-4-12-24-16-10-8-15(20)9-11-16/h3,5-6,8-11H,4,7,12H2,1-2H3,(H2,21,22,23,25). The third-order valence-electron chi connectivity index (χ3n) is 3.60. The molecule has 1 amide bonds. The summed E-state index contributed by atoms with van der Waals surface area (Å²) in [7, 11) is 0. The van der Waals surface area contributed by atoms with Crippen molar-refractivity contribution in [3.63, 3.8) is 0 Å². The highest BCUT2D eigenvalue weighted by Crippen LogP contribution is 2.19. The van der Waals surface area contributed by atoms with E-state index >= 15 is 0 Å². The molecular weight excluding hydrogens is 356 g/mol. The molecule has 0 radical (unpaired) electrons. The summed E-state index contributed by atoms with van der Waals surface area (Å²) in [6.45, 7) is 4.44. The van der Waals surface area contributed by atoms with Crippen LogP contribution in [0.1, 0.15) is 24.0 Å². The molecule has 0 saturated carbocycles. The molecule has 4 nitrogen and oxygen atoms in total. The molecule has 2 rings (SSSR count). The lowest BCUT2D eigenvalue weighted by atomic mass is 10.1. The lowest BCUT2D eigenvalue weighted by Gasteiger charge is -2.14. The Labute approximate surface area is 158 Å². The van der Waals surface area contributed by atoms with Gasteiger partial charge in [0.2, 0.25) is 5.91 Å². The predicted octanol–water partition coefficient (Wildman–Crippen LogP) is 4.63.